The molecule has 9 heteroatoms. The van der Waals surface area contributed by atoms with Gasteiger partial charge in [-0.1, -0.05) is 0 Å². The number of carbonyl (C=O) groups excluding carboxylic acids is 1. The maximum atomic E-state index is 13.9. The smallest absolute Gasteiger partial charge is 0.387 e. The molecule has 1 heterocycles. The molecule has 0 aromatic heterocycles. The molecule has 0 aliphatic carbocycles. The molecule has 1 fully saturated rings. The molecule has 1 aliphatic heterocycles. The fourth-order valence-electron chi connectivity index (χ4n) is 2.16. The second-order valence-electron chi connectivity index (χ2n) is 4.77. The van der Waals surface area contributed by atoms with Gasteiger partial charge in [0.25, 0.3) is 5.91 Å². The monoisotopic (exact) mass is 321 g/mol. The number of aliphatic carboxylic acids is 1. The van der Waals surface area contributed by atoms with Crippen LogP contribution in [0.1, 0.15) is 16.8 Å². The number of carbonyl (C=O) groups is 2. The minimum atomic E-state index is -3.27. The molecule has 0 spiro atoms. The summed E-state index contributed by atoms with van der Waals surface area (Å²) in [6.45, 7) is -4.19. The van der Waals surface area contributed by atoms with Crippen LogP contribution in [0.5, 0.6) is 5.75 Å². The Bertz CT molecular complexity index is 610. The zero-order valence-electron chi connectivity index (χ0n) is 11.1. The second-order valence-corrected chi connectivity index (χ2v) is 4.77. The van der Waals surface area contributed by atoms with E-state index in [0.717, 1.165) is 17.0 Å². The van der Waals surface area contributed by atoms with Gasteiger partial charge in [0.1, 0.15) is 11.6 Å². The zero-order chi connectivity index (χ0) is 16.5. The summed E-state index contributed by atoms with van der Waals surface area (Å²) in [7, 11) is 0. The quantitative estimate of drug-likeness (QED) is 0.862. The van der Waals surface area contributed by atoms with E-state index in [2.05, 4.69) is 4.74 Å². The van der Waals surface area contributed by atoms with Gasteiger partial charge in [-0.25, -0.2) is 13.6 Å². The van der Waals surface area contributed by atoms with Gasteiger partial charge in [0.15, 0.2) is 0 Å². The molecule has 1 aromatic rings. The highest BCUT2D eigenvalue weighted by atomic mass is 19.3. The Hall–Kier alpha value is -2.32. The van der Waals surface area contributed by atoms with Crippen LogP contribution in [0.25, 0.3) is 0 Å². The average molecular weight is 321 g/mol. The van der Waals surface area contributed by atoms with Crippen molar-refractivity contribution >= 4 is 11.9 Å². The summed E-state index contributed by atoms with van der Waals surface area (Å²) in [6.07, 6.45) is -0.416. The molecule has 1 amide bonds. The molecule has 1 saturated heterocycles. The number of rotatable bonds is 4. The van der Waals surface area contributed by atoms with E-state index < -0.39 is 54.3 Å². The highest BCUT2D eigenvalue weighted by Gasteiger charge is 2.47. The summed E-state index contributed by atoms with van der Waals surface area (Å²) in [5.41, 5.74) is -2.98. The first-order valence-electron chi connectivity index (χ1n) is 6.19. The van der Waals surface area contributed by atoms with Crippen LogP contribution in [0, 0.1) is 5.82 Å². The van der Waals surface area contributed by atoms with Crippen LogP contribution in [0.15, 0.2) is 18.2 Å². The van der Waals surface area contributed by atoms with Crippen LogP contribution < -0.4 is 4.74 Å². The number of ether oxygens (including phenoxy) is 1. The number of carboxylic acids is 1. The van der Waals surface area contributed by atoms with Crippen LogP contribution in [-0.4, -0.2) is 47.3 Å². The molecule has 1 aromatic carbocycles. The van der Waals surface area contributed by atoms with Crippen molar-refractivity contribution < 1.29 is 37.0 Å². The van der Waals surface area contributed by atoms with Crippen LogP contribution in [0.2, 0.25) is 0 Å². The van der Waals surface area contributed by atoms with Crippen molar-refractivity contribution in [3.63, 3.8) is 0 Å². The third-order valence-electron chi connectivity index (χ3n) is 3.28. The zero-order valence-corrected chi connectivity index (χ0v) is 11.1. The predicted molar refractivity (Wildman–Crippen MR) is 65.0 cm³/mol. The Morgan fingerprint density at radius 1 is 1.36 bits per heavy atom. The van der Waals surface area contributed by atoms with Crippen molar-refractivity contribution in [1.82, 2.24) is 4.90 Å². The molecule has 22 heavy (non-hydrogen) atoms. The third kappa shape index (κ3) is 3.12. The van der Waals surface area contributed by atoms with E-state index in [1.54, 1.807) is 0 Å². The van der Waals surface area contributed by atoms with Crippen LogP contribution in [0.3, 0.4) is 0 Å². The van der Waals surface area contributed by atoms with E-state index in [4.69, 9.17) is 5.11 Å². The number of hydrogen-bond acceptors (Lipinski definition) is 3. The van der Waals surface area contributed by atoms with Crippen LogP contribution in [0.4, 0.5) is 17.6 Å². The third-order valence-corrected chi connectivity index (χ3v) is 3.28. The van der Waals surface area contributed by atoms with Gasteiger partial charge < -0.3 is 14.7 Å². The normalized spacial score (nSPS) is 21.2. The predicted octanol–water partition coefficient (Wildman–Crippen LogP) is 2.07. The lowest BCUT2D eigenvalue weighted by atomic mass is 10.1. The maximum Gasteiger partial charge on any atom is 0.387 e. The Morgan fingerprint density at radius 3 is 2.59 bits per heavy atom. The second kappa shape index (κ2) is 5.82. The molecule has 120 valence electrons. The van der Waals surface area contributed by atoms with Gasteiger partial charge in [-0.15, -0.1) is 0 Å². The molecular weight excluding hydrogens is 310 g/mol. The van der Waals surface area contributed by atoms with Crippen molar-refractivity contribution in [1.29, 1.82) is 0 Å². The first-order valence-corrected chi connectivity index (χ1v) is 6.19. The van der Waals surface area contributed by atoms with Gasteiger partial charge in [0.2, 0.25) is 5.67 Å². The molecule has 5 nitrogen and oxygen atoms in total. The van der Waals surface area contributed by atoms with Crippen molar-refractivity contribution in [3.05, 3.63) is 29.6 Å². The Labute approximate surface area is 122 Å². The summed E-state index contributed by atoms with van der Waals surface area (Å²) < 4.78 is 55.7. The highest BCUT2D eigenvalue weighted by Crippen LogP contribution is 2.30. The van der Waals surface area contributed by atoms with Crippen LogP contribution >= 0.6 is 0 Å². The minimum Gasteiger partial charge on any atom is -0.479 e. The van der Waals surface area contributed by atoms with Gasteiger partial charge in [0.05, 0.1) is 12.1 Å². The Morgan fingerprint density at radius 2 is 2.05 bits per heavy atom. The van der Waals surface area contributed by atoms with Gasteiger partial charge in [-0.2, -0.15) is 8.78 Å². The van der Waals surface area contributed by atoms with E-state index in [-0.39, 0.29) is 6.54 Å². The first-order chi connectivity index (χ1) is 10.2. The molecule has 2 rings (SSSR count). The molecule has 1 unspecified atom stereocenters. The number of benzene rings is 1. The number of amides is 1. The lowest BCUT2D eigenvalue weighted by molar-refractivity contribution is -0.149. The van der Waals surface area contributed by atoms with E-state index in [1.165, 1.54) is 0 Å². The van der Waals surface area contributed by atoms with Crippen LogP contribution in [-0.2, 0) is 4.79 Å². The van der Waals surface area contributed by atoms with E-state index in [9.17, 15) is 27.2 Å². The topological polar surface area (TPSA) is 66.8 Å². The Kier molecular flexibility index (Phi) is 4.25. The lowest BCUT2D eigenvalue weighted by Gasteiger charge is -2.19. The summed E-state index contributed by atoms with van der Waals surface area (Å²) in [5.74, 6) is -4.19. The van der Waals surface area contributed by atoms with E-state index in [0.29, 0.717) is 6.07 Å². The molecular formula is C13H11F4NO4. The molecule has 0 radical (unpaired) electrons. The maximum absolute atomic E-state index is 13.9. The number of hydrogen-bond donors (Lipinski definition) is 1. The molecule has 1 atom stereocenters. The number of carboxylic acid groups (broad SMARTS) is 1. The fraction of sp³-hybridized carbons (Fsp3) is 0.385. The van der Waals surface area contributed by atoms with E-state index >= 15 is 0 Å². The van der Waals surface area contributed by atoms with Gasteiger partial charge in [-0.3, -0.25) is 4.79 Å². The van der Waals surface area contributed by atoms with Crippen molar-refractivity contribution in [2.45, 2.75) is 18.7 Å². The van der Waals surface area contributed by atoms with Crippen molar-refractivity contribution in [2.75, 3.05) is 13.1 Å². The SMILES string of the molecule is O=C(c1ccc(F)cc1OC(F)F)N1CCC(F)(C(=O)O)C1. The average Bonchev–Trinajstić information content (AvgIpc) is 2.82. The summed E-state index contributed by atoms with van der Waals surface area (Å²) in [5, 5.41) is 8.77. The molecule has 0 bridgehead atoms. The van der Waals surface area contributed by atoms with Crippen molar-refractivity contribution in [2.24, 2.45) is 0 Å². The van der Waals surface area contributed by atoms with Gasteiger partial charge in [0, 0.05) is 19.0 Å². The number of alkyl halides is 3. The number of halogens is 4. The Balaban J connectivity index is 2.25. The molecule has 0 saturated carbocycles. The number of nitrogens with zero attached hydrogens (tertiary/aromatic N) is 1. The summed E-state index contributed by atoms with van der Waals surface area (Å²) in [6, 6.07) is 2.39. The first kappa shape index (κ1) is 16.1. The van der Waals surface area contributed by atoms with Crippen molar-refractivity contribution in [3.8, 4) is 5.75 Å². The fourth-order valence-corrected chi connectivity index (χ4v) is 2.16. The standard InChI is InChI=1S/C13H11F4NO4/c14-7-1-2-8(9(5-7)22-12(15)16)10(19)18-4-3-13(17,6-18)11(20)21/h1-2,5,12H,3-4,6H2,(H,20,21). The minimum absolute atomic E-state index is 0.201. The largest absolute Gasteiger partial charge is 0.479 e. The summed E-state index contributed by atoms with van der Waals surface area (Å²) >= 11 is 0. The molecule has 1 N–H and O–H groups in total. The number of likely N-dealkylation sites (tertiary alicyclic amines) is 1. The van der Waals surface area contributed by atoms with E-state index in [1.807, 2.05) is 0 Å². The molecule has 1 aliphatic rings. The van der Waals surface area contributed by atoms with Gasteiger partial charge in [-0.05, 0) is 12.1 Å². The lowest BCUT2D eigenvalue weighted by Crippen LogP contribution is -2.39. The highest BCUT2D eigenvalue weighted by molar-refractivity contribution is 5.97. The van der Waals surface area contributed by atoms with Gasteiger partial charge >= 0.3 is 12.6 Å². The summed E-state index contributed by atoms with van der Waals surface area (Å²) in [4.78, 5) is 23.8.